The summed E-state index contributed by atoms with van der Waals surface area (Å²) in [6, 6.07) is 20.7. The van der Waals surface area contributed by atoms with Crippen molar-refractivity contribution in [3.05, 3.63) is 78.1 Å². The lowest BCUT2D eigenvalue weighted by Crippen LogP contribution is -2.56. The minimum atomic E-state index is -0.382. The normalized spacial score (nSPS) is 28.0. The number of carbonyl (C=O) groups is 2. The van der Waals surface area contributed by atoms with Crippen molar-refractivity contribution in [3.63, 3.8) is 0 Å². The minimum Gasteiger partial charge on any atom is -0.507 e. The number of anilines is 4. The molecule has 14 nitrogen and oxygen atoms in total. The summed E-state index contributed by atoms with van der Waals surface area (Å²) in [6.07, 6.45) is 5.53. The van der Waals surface area contributed by atoms with Crippen LogP contribution in [0.25, 0.3) is 11.3 Å². The molecule has 3 unspecified atom stereocenters. The van der Waals surface area contributed by atoms with Crippen LogP contribution in [0.5, 0.6) is 17.2 Å². The van der Waals surface area contributed by atoms with Crippen LogP contribution in [0.15, 0.2) is 66.7 Å². The molecule has 0 bridgehead atoms. The summed E-state index contributed by atoms with van der Waals surface area (Å²) in [7, 11) is 2.24. The fraction of sp³-hybridized carbons (Fsp3) is 0.520. The van der Waals surface area contributed by atoms with Gasteiger partial charge in [0.15, 0.2) is 11.6 Å². The number of benzene rings is 3. The highest BCUT2D eigenvalue weighted by Crippen LogP contribution is 2.71. The highest BCUT2D eigenvalue weighted by molar-refractivity contribution is 6.02. The number of nitrogens with zero attached hydrogens (tertiary/aromatic N) is 7. The molecule has 342 valence electrons. The summed E-state index contributed by atoms with van der Waals surface area (Å²) in [6.45, 7) is 9.03. The molecule has 65 heavy (non-hydrogen) atoms. The third-order valence-electron chi connectivity index (χ3n) is 15.7. The lowest BCUT2D eigenvalue weighted by atomic mass is 9.70. The molecule has 6 fully saturated rings. The molecule has 2 amide bonds. The maximum absolute atomic E-state index is 15.2. The minimum absolute atomic E-state index is 0.0495. The second-order valence-electron chi connectivity index (χ2n) is 19.8. The quantitative estimate of drug-likeness (QED) is 0.162. The Bertz CT molecular complexity index is 2460. The van der Waals surface area contributed by atoms with E-state index in [2.05, 4.69) is 65.3 Å². The number of nitrogens with one attached hydrogen (secondary N) is 1. The molecule has 4 aromatic rings. The number of nitrogen functional groups attached to an aromatic ring is 1. The van der Waals surface area contributed by atoms with E-state index in [1.807, 2.05) is 31.2 Å². The number of aromatic hydroxyl groups is 1. The Morgan fingerprint density at radius 3 is 2.46 bits per heavy atom. The van der Waals surface area contributed by atoms with Gasteiger partial charge in [-0.3, -0.25) is 24.7 Å². The second-order valence-corrected chi connectivity index (χ2v) is 19.8. The molecular weight excluding hydrogens is 826 g/mol. The number of halogens is 1. The fourth-order valence-corrected chi connectivity index (χ4v) is 12.5. The Morgan fingerprint density at radius 2 is 1.66 bits per heavy atom. The number of hydrogen-bond acceptors (Lipinski definition) is 13. The van der Waals surface area contributed by atoms with Crippen LogP contribution < -0.4 is 35.2 Å². The Hall–Kier alpha value is -5.67. The highest BCUT2D eigenvalue weighted by atomic mass is 19.1. The standard InChI is InChI=1S/C50H60FN9O5/c1-29-25-60(42-10-11-45(62)53-50(42)63)41-8-5-7-40(48(41)64-29)58-18-12-32(13-19-58)56(2)28-57-16-14-33(15-17-57)65-34-21-30(20-31(51)23-34)22-36-37-26-59(27-38-46(36)47(37)38)43-24-39(54-55-49(43)52)35-6-3-4-9-44(35)61/h3-9,20-21,23-24,29,32-33,36-38,42,46-47,61H,10-19,22,25-28H2,1-2H3,(H2,52,55)(H,53,62,63)/t29-,36?,37-,38+,42?,46-,47?/m1/s1. The average Bonchev–Trinajstić information content (AvgIpc) is 4.01. The van der Waals surface area contributed by atoms with Gasteiger partial charge >= 0.3 is 0 Å². The zero-order valence-electron chi connectivity index (χ0n) is 37.3. The lowest BCUT2D eigenvalue weighted by molar-refractivity contribution is -0.134. The van der Waals surface area contributed by atoms with Crippen LogP contribution >= 0.6 is 0 Å². The van der Waals surface area contributed by atoms with Crippen molar-refractivity contribution in [1.29, 1.82) is 0 Å². The Balaban J connectivity index is 0.657. The number of likely N-dealkylation sites (tertiary alicyclic amines) is 1. The van der Waals surface area contributed by atoms with E-state index < -0.39 is 0 Å². The van der Waals surface area contributed by atoms with Crippen molar-refractivity contribution in [1.82, 2.24) is 25.3 Å². The summed E-state index contributed by atoms with van der Waals surface area (Å²) < 4.78 is 28.2. The molecule has 5 aliphatic heterocycles. The van der Waals surface area contributed by atoms with E-state index in [0.717, 1.165) is 112 Å². The maximum Gasteiger partial charge on any atom is 0.249 e. The van der Waals surface area contributed by atoms with Gasteiger partial charge in [0.25, 0.3) is 0 Å². The number of amides is 2. The van der Waals surface area contributed by atoms with Gasteiger partial charge in [-0.05, 0) is 130 Å². The average molecular weight is 886 g/mol. The van der Waals surface area contributed by atoms with E-state index in [1.54, 1.807) is 24.3 Å². The number of nitrogens with two attached hydrogens (primary N) is 1. The summed E-state index contributed by atoms with van der Waals surface area (Å²) in [4.78, 5) is 36.6. The molecule has 7 atom stereocenters. The molecule has 4 N–H and O–H groups in total. The Morgan fingerprint density at radius 1 is 0.877 bits per heavy atom. The third kappa shape index (κ3) is 8.08. The van der Waals surface area contributed by atoms with Crippen LogP contribution in [0.1, 0.15) is 51.0 Å². The Labute approximate surface area is 379 Å². The number of ether oxygens (including phenoxy) is 2. The molecule has 0 spiro atoms. The van der Waals surface area contributed by atoms with Crippen molar-refractivity contribution in [3.8, 4) is 28.5 Å². The molecule has 2 saturated carbocycles. The monoisotopic (exact) mass is 885 g/mol. The SMILES string of the molecule is C[C@@H]1CN(C2CCC(=O)NC2=O)c2cccc(N3CCC(N(C)CN4CCC(Oc5cc(F)cc(CC6[C@H]7CN(c8cc(-c9ccccc9O)nnc8N)C[C@@H]8C7[C@H]68)c5)CC4)CC3)c2O1. The number of phenolic OH excluding ortho intramolecular Hbond substituents is 1. The molecule has 3 aromatic carbocycles. The van der Waals surface area contributed by atoms with Crippen LogP contribution in [-0.4, -0.2) is 121 Å². The summed E-state index contributed by atoms with van der Waals surface area (Å²) in [5.41, 5.74) is 11.5. The molecule has 15 heteroatoms. The number of carbonyl (C=O) groups excluding carboxylic acids is 2. The van der Waals surface area contributed by atoms with E-state index in [9.17, 15) is 14.7 Å². The van der Waals surface area contributed by atoms with Crippen LogP contribution in [0, 0.1) is 35.4 Å². The van der Waals surface area contributed by atoms with E-state index in [-0.39, 0.29) is 41.6 Å². The van der Waals surface area contributed by atoms with Gasteiger partial charge in [0.05, 0.1) is 36.0 Å². The van der Waals surface area contributed by atoms with Crippen molar-refractivity contribution >= 4 is 34.7 Å². The van der Waals surface area contributed by atoms with Crippen LogP contribution in [0.4, 0.5) is 27.3 Å². The predicted octanol–water partition coefficient (Wildman–Crippen LogP) is 5.54. The molecule has 0 radical (unpaired) electrons. The first-order valence-corrected chi connectivity index (χ1v) is 23.7. The topological polar surface area (TPSA) is 153 Å². The number of phenols is 1. The zero-order valence-corrected chi connectivity index (χ0v) is 37.3. The van der Waals surface area contributed by atoms with Gasteiger partial charge in [0.2, 0.25) is 11.8 Å². The van der Waals surface area contributed by atoms with Gasteiger partial charge in [-0.15, -0.1) is 10.2 Å². The number of rotatable bonds is 11. The molecular formula is C50H60FN9O5. The molecule has 1 aromatic heterocycles. The predicted molar refractivity (Wildman–Crippen MR) is 246 cm³/mol. The van der Waals surface area contributed by atoms with Crippen molar-refractivity contribution in [2.24, 2.45) is 29.6 Å². The lowest BCUT2D eigenvalue weighted by Gasteiger charge is -2.44. The van der Waals surface area contributed by atoms with E-state index >= 15 is 4.39 Å². The molecule has 6 heterocycles. The fourth-order valence-electron chi connectivity index (χ4n) is 12.5. The van der Waals surface area contributed by atoms with Gasteiger partial charge in [-0.1, -0.05) is 18.2 Å². The van der Waals surface area contributed by atoms with Gasteiger partial charge in [0.1, 0.15) is 35.6 Å². The van der Waals surface area contributed by atoms with E-state index in [4.69, 9.17) is 15.2 Å². The zero-order chi connectivity index (χ0) is 44.5. The second kappa shape index (κ2) is 17.0. The number of hydrogen-bond donors (Lipinski definition) is 3. The smallest absolute Gasteiger partial charge is 0.249 e. The third-order valence-corrected chi connectivity index (χ3v) is 15.7. The van der Waals surface area contributed by atoms with Gasteiger partial charge in [-0.25, -0.2) is 4.39 Å². The van der Waals surface area contributed by atoms with Crippen molar-refractivity contribution < 1.29 is 28.6 Å². The first-order valence-electron chi connectivity index (χ1n) is 23.7. The van der Waals surface area contributed by atoms with Crippen molar-refractivity contribution in [2.45, 2.75) is 76.2 Å². The van der Waals surface area contributed by atoms with Crippen LogP contribution in [-0.2, 0) is 16.0 Å². The van der Waals surface area contributed by atoms with Gasteiger partial charge in [0, 0.05) is 63.4 Å². The van der Waals surface area contributed by atoms with Crippen LogP contribution in [0.2, 0.25) is 0 Å². The summed E-state index contributed by atoms with van der Waals surface area (Å²) in [5.74, 6) is 4.33. The number of fused-ring (bicyclic) bond motifs is 2. The summed E-state index contributed by atoms with van der Waals surface area (Å²) >= 11 is 0. The largest absolute Gasteiger partial charge is 0.507 e. The van der Waals surface area contributed by atoms with Gasteiger partial charge < -0.3 is 35.0 Å². The molecule has 4 saturated heterocycles. The first kappa shape index (κ1) is 42.0. The Kier molecular flexibility index (Phi) is 11.0. The van der Waals surface area contributed by atoms with Gasteiger partial charge in [-0.2, -0.15) is 0 Å². The molecule has 7 aliphatic rings. The molecule has 11 rings (SSSR count). The van der Waals surface area contributed by atoms with E-state index in [0.29, 0.717) is 71.9 Å². The number of piperidine rings is 4. The highest BCUT2D eigenvalue weighted by Gasteiger charge is 2.70. The molecule has 2 aliphatic carbocycles. The first-order chi connectivity index (χ1) is 31.5. The number of imide groups is 1. The summed E-state index contributed by atoms with van der Waals surface area (Å²) in [5, 5.41) is 21.5. The number of aromatic nitrogens is 2. The number of para-hydroxylation sites is 2. The van der Waals surface area contributed by atoms with E-state index in [1.165, 1.54) is 0 Å². The van der Waals surface area contributed by atoms with Crippen LogP contribution in [0.3, 0.4) is 0 Å². The van der Waals surface area contributed by atoms with Crippen molar-refractivity contribution in [2.75, 3.05) is 80.0 Å². The maximum atomic E-state index is 15.2.